The molecule has 2 rings (SSSR count). The van der Waals surface area contributed by atoms with Gasteiger partial charge in [-0.05, 0) is 37.6 Å². The van der Waals surface area contributed by atoms with Gasteiger partial charge in [0.05, 0.1) is 5.69 Å². The Hall–Kier alpha value is -2.58. The summed E-state index contributed by atoms with van der Waals surface area (Å²) in [4.78, 5) is 12.3. The van der Waals surface area contributed by atoms with Gasteiger partial charge in [-0.25, -0.2) is 0 Å². The van der Waals surface area contributed by atoms with Gasteiger partial charge in [0, 0.05) is 24.2 Å². The molecular weight excluding hydrogens is 266 g/mol. The van der Waals surface area contributed by atoms with Gasteiger partial charge in [-0.1, -0.05) is 11.8 Å². The van der Waals surface area contributed by atoms with Crippen LogP contribution >= 0.6 is 0 Å². The number of hydrogen-bond donors (Lipinski definition) is 2. The van der Waals surface area contributed by atoms with Gasteiger partial charge < -0.3 is 10.4 Å². The predicted octanol–water partition coefficient (Wildman–Crippen LogP) is 1.63. The topological polar surface area (TPSA) is 67.2 Å². The van der Waals surface area contributed by atoms with Crippen LogP contribution in [-0.2, 0) is 7.05 Å². The van der Waals surface area contributed by atoms with E-state index >= 15 is 0 Å². The SMILES string of the molecule is Cc1cc(C#CCO)cc(C(=O)Nc2cc(C)nn2C)c1. The molecule has 0 aliphatic carbocycles. The number of nitrogens with zero attached hydrogens (tertiary/aromatic N) is 2. The minimum Gasteiger partial charge on any atom is -0.384 e. The lowest BCUT2D eigenvalue weighted by Crippen LogP contribution is -2.14. The summed E-state index contributed by atoms with van der Waals surface area (Å²) in [7, 11) is 1.77. The van der Waals surface area contributed by atoms with E-state index in [1.165, 1.54) is 0 Å². The van der Waals surface area contributed by atoms with Gasteiger partial charge in [0.15, 0.2) is 0 Å². The van der Waals surface area contributed by atoms with Crippen molar-refractivity contribution in [2.24, 2.45) is 7.05 Å². The summed E-state index contributed by atoms with van der Waals surface area (Å²) >= 11 is 0. The molecule has 5 heteroatoms. The van der Waals surface area contributed by atoms with E-state index < -0.39 is 0 Å². The maximum atomic E-state index is 12.3. The van der Waals surface area contributed by atoms with Crippen molar-refractivity contribution < 1.29 is 9.90 Å². The lowest BCUT2D eigenvalue weighted by atomic mass is 10.1. The van der Waals surface area contributed by atoms with Gasteiger partial charge in [-0.2, -0.15) is 5.10 Å². The van der Waals surface area contributed by atoms with Crippen molar-refractivity contribution >= 4 is 11.7 Å². The molecule has 1 aromatic carbocycles. The molecule has 1 amide bonds. The van der Waals surface area contributed by atoms with E-state index in [2.05, 4.69) is 22.3 Å². The number of aliphatic hydroxyl groups is 1. The molecule has 108 valence electrons. The molecule has 0 radical (unpaired) electrons. The van der Waals surface area contributed by atoms with E-state index in [9.17, 15) is 4.79 Å². The summed E-state index contributed by atoms with van der Waals surface area (Å²) in [5, 5.41) is 15.7. The molecule has 21 heavy (non-hydrogen) atoms. The number of carbonyl (C=O) groups excluding carboxylic acids is 1. The van der Waals surface area contributed by atoms with E-state index in [1.807, 2.05) is 19.9 Å². The molecule has 0 bridgehead atoms. The van der Waals surface area contributed by atoms with Crippen LogP contribution in [0.3, 0.4) is 0 Å². The number of benzene rings is 1. The predicted molar refractivity (Wildman–Crippen MR) is 81.0 cm³/mol. The van der Waals surface area contributed by atoms with Gasteiger partial charge in [-0.3, -0.25) is 9.48 Å². The Bertz CT molecular complexity index is 736. The highest BCUT2D eigenvalue weighted by Crippen LogP contribution is 2.13. The van der Waals surface area contributed by atoms with E-state index in [0.29, 0.717) is 16.9 Å². The fourth-order valence-electron chi connectivity index (χ4n) is 2.04. The number of hydrogen-bond acceptors (Lipinski definition) is 3. The third kappa shape index (κ3) is 3.71. The molecule has 0 fully saturated rings. The number of nitrogens with one attached hydrogen (secondary N) is 1. The number of anilines is 1. The van der Waals surface area contributed by atoms with E-state index in [1.54, 1.807) is 29.9 Å². The summed E-state index contributed by atoms with van der Waals surface area (Å²) in [6.07, 6.45) is 0. The van der Waals surface area contributed by atoms with Crippen LogP contribution in [0.25, 0.3) is 0 Å². The maximum absolute atomic E-state index is 12.3. The summed E-state index contributed by atoms with van der Waals surface area (Å²) in [6.45, 7) is 3.56. The first-order chi connectivity index (χ1) is 9.99. The van der Waals surface area contributed by atoms with Crippen molar-refractivity contribution in [2.75, 3.05) is 11.9 Å². The number of amides is 1. The molecule has 0 aliphatic heterocycles. The Morgan fingerprint density at radius 2 is 2.10 bits per heavy atom. The van der Waals surface area contributed by atoms with Gasteiger partial charge in [-0.15, -0.1) is 0 Å². The van der Waals surface area contributed by atoms with Gasteiger partial charge >= 0.3 is 0 Å². The average Bonchev–Trinajstić information content (AvgIpc) is 2.74. The van der Waals surface area contributed by atoms with Crippen molar-refractivity contribution in [1.29, 1.82) is 0 Å². The smallest absolute Gasteiger partial charge is 0.256 e. The monoisotopic (exact) mass is 283 g/mol. The van der Waals surface area contributed by atoms with Crippen LogP contribution in [0.5, 0.6) is 0 Å². The number of aromatic nitrogens is 2. The normalized spacial score (nSPS) is 9.90. The molecule has 0 saturated heterocycles. The Labute approximate surface area is 123 Å². The molecule has 1 heterocycles. The lowest BCUT2D eigenvalue weighted by Gasteiger charge is -2.06. The average molecular weight is 283 g/mol. The molecule has 2 aromatic rings. The molecule has 2 N–H and O–H groups in total. The second-order valence-corrected chi connectivity index (χ2v) is 4.80. The van der Waals surface area contributed by atoms with Gasteiger partial charge in [0.2, 0.25) is 0 Å². The fraction of sp³-hybridized carbons (Fsp3) is 0.250. The summed E-state index contributed by atoms with van der Waals surface area (Å²) in [5.41, 5.74) is 3.00. The first kappa shape index (κ1) is 14.8. The lowest BCUT2D eigenvalue weighted by molar-refractivity contribution is 0.102. The number of rotatable bonds is 2. The Morgan fingerprint density at radius 1 is 1.33 bits per heavy atom. The number of aryl methyl sites for hydroxylation is 3. The molecule has 5 nitrogen and oxygen atoms in total. The zero-order chi connectivity index (χ0) is 15.4. The minimum atomic E-state index is -0.214. The second kappa shape index (κ2) is 6.25. The van der Waals surface area contributed by atoms with Crippen LogP contribution in [0.15, 0.2) is 24.3 Å². The number of aliphatic hydroxyl groups excluding tert-OH is 1. The quantitative estimate of drug-likeness (QED) is 0.823. The minimum absolute atomic E-state index is 0.205. The maximum Gasteiger partial charge on any atom is 0.256 e. The van der Waals surface area contributed by atoms with E-state index in [0.717, 1.165) is 11.3 Å². The van der Waals surface area contributed by atoms with Crippen LogP contribution in [0.1, 0.15) is 27.2 Å². The Kier molecular flexibility index (Phi) is 4.41. The highest BCUT2D eigenvalue weighted by molar-refractivity contribution is 6.04. The molecule has 0 spiro atoms. The highest BCUT2D eigenvalue weighted by Gasteiger charge is 2.10. The molecular formula is C16H17N3O2. The van der Waals surface area contributed by atoms with E-state index in [-0.39, 0.29) is 12.5 Å². The van der Waals surface area contributed by atoms with Gasteiger partial charge in [0.25, 0.3) is 5.91 Å². The van der Waals surface area contributed by atoms with Crippen molar-refractivity contribution in [1.82, 2.24) is 9.78 Å². The first-order valence-corrected chi connectivity index (χ1v) is 6.53. The molecule has 0 unspecified atom stereocenters. The van der Waals surface area contributed by atoms with Crippen LogP contribution in [-0.4, -0.2) is 27.4 Å². The van der Waals surface area contributed by atoms with Crippen LogP contribution in [0.2, 0.25) is 0 Å². The summed E-state index contributed by atoms with van der Waals surface area (Å²) in [5.74, 6) is 5.82. The van der Waals surface area contributed by atoms with Crippen molar-refractivity contribution in [3.8, 4) is 11.8 Å². The zero-order valence-electron chi connectivity index (χ0n) is 12.3. The molecule has 0 aliphatic rings. The van der Waals surface area contributed by atoms with Crippen LogP contribution in [0, 0.1) is 25.7 Å². The highest BCUT2D eigenvalue weighted by atomic mass is 16.2. The zero-order valence-corrected chi connectivity index (χ0v) is 12.3. The van der Waals surface area contributed by atoms with Crippen molar-refractivity contribution in [3.05, 3.63) is 46.6 Å². The largest absolute Gasteiger partial charge is 0.384 e. The molecule has 0 saturated carbocycles. The van der Waals surface area contributed by atoms with E-state index in [4.69, 9.17) is 5.11 Å². The first-order valence-electron chi connectivity index (χ1n) is 6.53. The molecule has 0 atom stereocenters. The number of carbonyl (C=O) groups is 1. The standard InChI is InChI=1S/C16H17N3O2/c1-11-7-13(5-4-6-20)10-14(8-11)16(21)17-15-9-12(2)18-19(15)3/h7-10,20H,6H2,1-3H3,(H,17,21). The van der Waals surface area contributed by atoms with Crippen LogP contribution in [0.4, 0.5) is 5.82 Å². The molecule has 1 aromatic heterocycles. The Morgan fingerprint density at radius 3 is 2.71 bits per heavy atom. The van der Waals surface area contributed by atoms with Crippen LogP contribution < -0.4 is 5.32 Å². The second-order valence-electron chi connectivity index (χ2n) is 4.80. The Balaban J connectivity index is 2.26. The van der Waals surface area contributed by atoms with Gasteiger partial charge in [0.1, 0.15) is 12.4 Å². The summed E-state index contributed by atoms with van der Waals surface area (Å²) in [6, 6.07) is 7.17. The summed E-state index contributed by atoms with van der Waals surface area (Å²) < 4.78 is 1.62. The van der Waals surface area contributed by atoms with Crippen molar-refractivity contribution in [3.63, 3.8) is 0 Å². The van der Waals surface area contributed by atoms with Crippen molar-refractivity contribution in [2.45, 2.75) is 13.8 Å². The fourth-order valence-corrected chi connectivity index (χ4v) is 2.04. The third-order valence-corrected chi connectivity index (χ3v) is 2.89. The third-order valence-electron chi connectivity index (χ3n) is 2.89.